The molecule has 0 aliphatic heterocycles. The molecule has 1 N–H and O–H groups in total. The average molecular weight is 243 g/mol. The third-order valence-electron chi connectivity index (χ3n) is 2.50. The van der Waals surface area contributed by atoms with Crippen LogP contribution in [0.1, 0.15) is 29.1 Å². The summed E-state index contributed by atoms with van der Waals surface area (Å²) in [7, 11) is 0. The molecule has 2 rings (SSSR count). The Kier molecular flexibility index (Phi) is 3.86. The fraction of sp³-hybridized carbons (Fsp3) is 0.231. The topological polar surface area (TPSA) is 48.7 Å². The van der Waals surface area contributed by atoms with Crippen molar-refractivity contribution in [1.82, 2.24) is 10.3 Å². The van der Waals surface area contributed by atoms with Gasteiger partial charge in [0, 0.05) is 29.0 Å². The monoisotopic (exact) mass is 243 g/mol. The summed E-state index contributed by atoms with van der Waals surface area (Å²) in [6, 6.07) is 10.2. The highest BCUT2D eigenvalue weighted by atomic mass is 32.1. The lowest BCUT2D eigenvalue weighted by atomic mass is 10.2. The second kappa shape index (κ2) is 5.58. The number of rotatable bonds is 4. The third kappa shape index (κ3) is 3.13. The molecule has 0 spiro atoms. The van der Waals surface area contributed by atoms with Crippen LogP contribution in [-0.4, -0.2) is 4.98 Å². The van der Waals surface area contributed by atoms with E-state index in [1.54, 1.807) is 17.5 Å². The molecule has 0 fully saturated rings. The number of nitrogens with zero attached hydrogens (tertiary/aromatic N) is 2. The lowest BCUT2D eigenvalue weighted by Gasteiger charge is -2.11. The van der Waals surface area contributed by atoms with Crippen molar-refractivity contribution >= 4 is 11.3 Å². The number of nitriles is 1. The minimum Gasteiger partial charge on any atom is -0.304 e. The highest BCUT2D eigenvalue weighted by Gasteiger charge is 2.06. The van der Waals surface area contributed by atoms with Gasteiger partial charge in [0.15, 0.2) is 0 Å². The largest absolute Gasteiger partial charge is 0.304 e. The fourth-order valence-electron chi connectivity index (χ4n) is 1.52. The maximum atomic E-state index is 8.73. The Balaban J connectivity index is 1.92. The van der Waals surface area contributed by atoms with Crippen LogP contribution < -0.4 is 5.32 Å². The summed E-state index contributed by atoms with van der Waals surface area (Å²) in [5.74, 6) is 0. The first-order valence-corrected chi connectivity index (χ1v) is 6.29. The maximum absolute atomic E-state index is 8.73. The summed E-state index contributed by atoms with van der Waals surface area (Å²) in [6.07, 6.45) is 1.80. The van der Waals surface area contributed by atoms with Gasteiger partial charge in [0.05, 0.1) is 11.3 Å². The highest BCUT2D eigenvalue weighted by Crippen LogP contribution is 2.15. The molecular formula is C13H13N3S. The van der Waals surface area contributed by atoms with Crippen LogP contribution in [0.3, 0.4) is 0 Å². The van der Waals surface area contributed by atoms with Crippen molar-refractivity contribution in [2.24, 2.45) is 0 Å². The van der Waals surface area contributed by atoms with Crippen molar-refractivity contribution in [3.8, 4) is 6.07 Å². The minimum absolute atomic E-state index is 0.212. The second-order valence-electron chi connectivity index (χ2n) is 3.77. The molecule has 0 amide bonds. The van der Waals surface area contributed by atoms with Gasteiger partial charge in [0.2, 0.25) is 0 Å². The lowest BCUT2D eigenvalue weighted by molar-refractivity contribution is 0.565. The molecule has 4 heteroatoms. The quantitative estimate of drug-likeness (QED) is 0.898. The van der Waals surface area contributed by atoms with Gasteiger partial charge in [-0.15, -0.1) is 11.3 Å². The Hall–Kier alpha value is -1.70. The smallest absolute Gasteiger partial charge is 0.100 e. The molecule has 3 nitrogen and oxygen atoms in total. The van der Waals surface area contributed by atoms with Gasteiger partial charge in [0.1, 0.15) is 6.07 Å². The first kappa shape index (κ1) is 11.8. The van der Waals surface area contributed by atoms with E-state index in [-0.39, 0.29) is 6.04 Å². The Labute approximate surface area is 105 Å². The number of hydrogen-bond acceptors (Lipinski definition) is 4. The summed E-state index contributed by atoms with van der Waals surface area (Å²) in [6.45, 7) is 2.85. The number of aromatic nitrogens is 1. The molecule has 2 aromatic rings. The molecule has 0 saturated carbocycles. The predicted octanol–water partition coefficient (Wildman–Crippen LogP) is 2.87. The van der Waals surface area contributed by atoms with E-state index in [1.807, 2.05) is 29.6 Å². The molecule has 17 heavy (non-hydrogen) atoms. The van der Waals surface area contributed by atoms with Crippen LogP contribution in [-0.2, 0) is 6.54 Å². The van der Waals surface area contributed by atoms with Crippen LogP contribution in [0.15, 0.2) is 35.8 Å². The Morgan fingerprint density at radius 2 is 2.41 bits per heavy atom. The highest BCUT2D eigenvalue weighted by molar-refractivity contribution is 7.10. The molecule has 86 valence electrons. The molecule has 0 saturated heterocycles. The lowest BCUT2D eigenvalue weighted by Crippen LogP contribution is -2.18. The second-order valence-corrected chi connectivity index (χ2v) is 4.77. The van der Waals surface area contributed by atoms with Crippen molar-refractivity contribution in [1.29, 1.82) is 5.26 Å². The van der Waals surface area contributed by atoms with Crippen molar-refractivity contribution in [2.45, 2.75) is 19.5 Å². The number of pyridine rings is 1. The molecule has 0 aromatic carbocycles. The van der Waals surface area contributed by atoms with E-state index in [4.69, 9.17) is 5.26 Å². The van der Waals surface area contributed by atoms with Gasteiger partial charge in [-0.05, 0) is 25.1 Å². The van der Waals surface area contributed by atoms with Gasteiger partial charge in [-0.3, -0.25) is 4.98 Å². The Morgan fingerprint density at radius 1 is 1.53 bits per heavy atom. The zero-order chi connectivity index (χ0) is 12.1. The van der Waals surface area contributed by atoms with Gasteiger partial charge in [0.25, 0.3) is 0 Å². The van der Waals surface area contributed by atoms with E-state index >= 15 is 0 Å². The van der Waals surface area contributed by atoms with E-state index in [9.17, 15) is 0 Å². The average Bonchev–Trinajstić information content (AvgIpc) is 2.85. The molecule has 2 heterocycles. The first-order chi connectivity index (χ1) is 8.29. The van der Waals surface area contributed by atoms with Crippen LogP contribution in [0.25, 0.3) is 0 Å². The van der Waals surface area contributed by atoms with Gasteiger partial charge in [-0.25, -0.2) is 0 Å². The van der Waals surface area contributed by atoms with Gasteiger partial charge >= 0.3 is 0 Å². The van der Waals surface area contributed by atoms with E-state index in [0.29, 0.717) is 0 Å². The van der Waals surface area contributed by atoms with Crippen molar-refractivity contribution < 1.29 is 0 Å². The van der Waals surface area contributed by atoms with Crippen molar-refractivity contribution in [3.05, 3.63) is 52.0 Å². The number of nitrogens with one attached hydrogen (secondary N) is 1. The van der Waals surface area contributed by atoms with Crippen LogP contribution >= 0.6 is 11.3 Å². The first-order valence-electron chi connectivity index (χ1n) is 5.41. The molecule has 2 aromatic heterocycles. The van der Waals surface area contributed by atoms with E-state index in [1.165, 1.54) is 4.88 Å². The molecule has 0 aliphatic carbocycles. The maximum Gasteiger partial charge on any atom is 0.100 e. The number of hydrogen-bond donors (Lipinski definition) is 1. The molecule has 0 radical (unpaired) electrons. The number of thiophene rings is 1. The Morgan fingerprint density at radius 3 is 3.06 bits per heavy atom. The van der Waals surface area contributed by atoms with Crippen LogP contribution in [0.4, 0.5) is 0 Å². The van der Waals surface area contributed by atoms with E-state index < -0.39 is 0 Å². The van der Waals surface area contributed by atoms with Gasteiger partial charge in [-0.2, -0.15) is 5.26 Å². The molecule has 0 bridgehead atoms. The van der Waals surface area contributed by atoms with Crippen LogP contribution in [0, 0.1) is 11.3 Å². The molecule has 0 aliphatic rings. The normalized spacial score (nSPS) is 12.0. The zero-order valence-electron chi connectivity index (χ0n) is 9.55. The van der Waals surface area contributed by atoms with E-state index in [0.717, 1.165) is 17.8 Å². The summed E-state index contributed by atoms with van der Waals surface area (Å²) in [5.41, 5.74) is 1.77. The summed E-state index contributed by atoms with van der Waals surface area (Å²) in [4.78, 5) is 5.47. The van der Waals surface area contributed by atoms with Crippen LogP contribution in [0.2, 0.25) is 0 Å². The molecular weight excluding hydrogens is 230 g/mol. The fourth-order valence-corrected chi connectivity index (χ4v) is 2.28. The third-order valence-corrected chi connectivity index (χ3v) is 3.43. The standard InChI is InChI=1S/C13H13N3S/c1-10(13-4-2-3-5-15-13)16-8-12-6-11(7-14)9-17-12/h2-6,9-10,16H,8H2,1H3. The SMILES string of the molecule is CC(NCc1cc(C#N)cs1)c1ccccn1. The van der Waals surface area contributed by atoms with Gasteiger partial charge < -0.3 is 5.32 Å². The molecule has 1 unspecified atom stereocenters. The Bertz CT molecular complexity index is 513. The summed E-state index contributed by atoms with van der Waals surface area (Å²) < 4.78 is 0. The van der Waals surface area contributed by atoms with Crippen LogP contribution in [0.5, 0.6) is 0 Å². The van der Waals surface area contributed by atoms with Gasteiger partial charge in [-0.1, -0.05) is 6.07 Å². The summed E-state index contributed by atoms with van der Waals surface area (Å²) in [5, 5.41) is 14.0. The van der Waals surface area contributed by atoms with Crippen molar-refractivity contribution in [2.75, 3.05) is 0 Å². The minimum atomic E-state index is 0.212. The van der Waals surface area contributed by atoms with E-state index in [2.05, 4.69) is 23.3 Å². The predicted molar refractivity (Wildman–Crippen MR) is 68.5 cm³/mol. The van der Waals surface area contributed by atoms with Crippen molar-refractivity contribution in [3.63, 3.8) is 0 Å². The summed E-state index contributed by atoms with van der Waals surface area (Å²) >= 11 is 1.61. The molecule has 1 atom stereocenters. The zero-order valence-corrected chi connectivity index (χ0v) is 10.4.